The van der Waals surface area contributed by atoms with E-state index in [1.165, 1.54) is 19.9 Å². The highest BCUT2D eigenvalue weighted by atomic mass is 16.5. The van der Waals surface area contributed by atoms with Gasteiger partial charge in [-0.25, -0.2) is 0 Å². The maximum absolute atomic E-state index is 11.4. The number of aryl methyl sites for hydroxylation is 1. The molecule has 0 saturated carbocycles. The summed E-state index contributed by atoms with van der Waals surface area (Å²) in [4.78, 5) is 22.5. The summed E-state index contributed by atoms with van der Waals surface area (Å²) in [6.07, 6.45) is 0.606. The van der Waals surface area contributed by atoms with Crippen LogP contribution in [0.25, 0.3) is 0 Å². The molecule has 0 atom stereocenters. The number of esters is 1. The van der Waals surface area contributed by atoms with Crippen LogP contribution in [0.15, 0.2) is 6.07 Å². The van der Waals surface area contributed by atoms with Crippen LogP contribution >= 0.6 is 0 Å². The number of phenols is 1. The highest BCUT2D eigenvalue weighted by Gasteiger charge is 2.19. The number of carbonyl (C=O) groups excluding carboxylic acids is 2. The quantitative estimate of drug-likeness (QED) is 0.497. The summed E-state index contributed by atoms with van der Waals surface area (Å²) in [5.41, 5.74) is 1.42. The number of rotatable bonds is 3. The van der Waals surface area contributed by atoms with Crippen molar-refractivity contribution in [1.29, 1.82) is 0 Å². The van der Waals surface area contributed by atoms with Gasteiger partial charge in [0.1, 0.15) is 11.5 Å². The molecule has 0 spiro atoms. The molecule has 0 aromatic heterocycles. The summed E-state index contributed by atoms with van der Waals surface area (Å²) >= 11 is 0. The summed E-state index contributed by atoms with van der Waals surface area (Å²) < 4.78 is 5.11. The third-order valence-corrected chi connectivity index (χ3v) is 2.55. The minimum Gasteiger partial charge on any atom is -0.507 e. The van der Waals surface area contributed by atoms with Crippen LogP contribution in [0.5, 0.6) is 11.5 Å². The zero-order valence-corrected chi connectivity index (χ0v) is 10.5. The van der Waals surface area contributed by atoms with Crippen LogP contribution < -0.4 is 4.74 Å². The molecule has 4 heteroatoms. The van der Waals surface area contributed by atoms with Gasteiger partial charge < -0.3 is 9.84 Å². The largest absolute Gasteiger partial charge is 0.507 e. The second-order valence-corrected chi connectivity index (χ2v) is 3.89. The molecule has 1 aromatic carbocycles. The van der Waals surface area contributed by atoms with Gasteiger partial charge in [0.15, 0.2) is 5.78 Å². The maximum atomic E-state index is 11.4. The second kappa shape index (κ2) is 4.99. The first-order valence-corrected chi connectivity index (χ1v) is 5.43. The Morgan fingerprint density at radius 3 is 2.35 bits per heavy atom. The fraction of sp³-hybridized carbons (Fsp3) is 0.385. The zero-order chi connectivity index (χ0) is 13.2. The lowest BCUT2D eigenvalue weighted by atomic mass is 9.98. The SMILES string of the molecule is CCc1cc(O)c(C(C)=O)c(C)c1OC(C)=O. The molecule has 0 bridgehead atoms. The smallest absolute Gasteiger partial charge is 0.308 e. The molecule has 4 nitrogen and oxygen atoms in total. The summed E-state index contributed by atoms with van der Waals surface area (Å²) in [5, 5.41) is 9.77. The van der Waals surface area contributed by atoms with Crippen molar-refractivity contribution >= 4 is 11.8 Å². The molecule has 1 aromatic rings. The van der Waals surface area contributed by atoms with Crippen molar-refractivity contribution in [2.24, 2.45) is 0 Å². The van der Waals surface area contributed by atoms with Gasteiger partial charge in [-0.1, -0.05) is 6.92 Å². The van der Waals surface area contributed by atoms with Crippen molar-refractivity contribution in [3.05, 3.63) is 22.8 Å². The number of aromatic hydroxyl groups is 1. The van der Waals surface area contributed by atoms with Gasteiger partial charge in [0.2, 0.25) is 0 Å². The van der Waals surface area contributed by atoms with Crippen LogP contribution in [0.3, 0.4) is 0 Å². The van der Waals surface area contributed by atoms with Crippen LogP contribution in [0.1, 0.15) is 42.3 Å². The number of ether oxygens (including phenoxy) is 1. The molecule has 1 rings (SSSR count). The summed E-state index contributed by atoms with van der Waals surface area (Å²) in [7, 11) is 0. The molecule has 17 heavy (non-hydrogen) atoms. The molecule has 0 aliphatic carbocycles. The first-order valence-electron chi connectivity index (χ1n) is 5.43. The van der Waals surface area contributed by atoms with Gasteiger partial charge in [-0.15, -0.1) is 0 Å². The third-order valence-electron chi connectivity index (χ3n) is 2.55. The van der Waals surface area contributed by atoms with Gasteiger partial charge in [-0.2, -0.15) is 0 Å². The van der Waals surface area contributed by atoms with E-state index < -0.39 is 5.97 Å². The lowest BCUT2D eigenvalue weighted by Gasteiger charge is -2.14. The molecule has 0 radical (unpaired) electrons. The Morgan fingerprint density at radius 2 is 1.94 bits per heavy atom. The monoisotopic (exact) mass is 236 g/mol. The summed E-state index contributed by atoms with van der Waals surface area (Å²) in [5.74, 6) is -0.384. The molecule has 0 aliphatic rings. The molecule has 0 unspecified atom stereocenters. The van der Waals surface area contributed by atoms with Crippen molar-refractivity contribution < 1.29 is 19.4 Å². The van der Waals surface area contributed by atoms with Gasteiger partial charge in [-0.05, 0) is 31.9 Å². The van der Waals surface area contributed by atoms with Crippen LogP contribution in [0.2, 0.25) is 0 Å². The maximum Gasteiger partial charge on any atom is 0.308 e. The van der Waals surface area contributed by atoms with Crippen LogP contribution in [0, 0.1) is 6.92 Å². The highest BCUT2D eigenvalue weighted by Crippen LogP contribution is 2.34. The predicted molar refractivity (Wildman–Crippen MR) is 63.5 cm³/mol. The van der Waals surface area contributed by atoms with E-state index in [4.69, 9.17) is 4.74 Å². The van der Waals surface area contributed by atoms with Crippen molar-refractivity contribution in [2.45, 2.75) is 34.1 Å². The standard InChI is InChI=1S/C13H16O4/c1-5-10-6-11(16)12(8(3)14)7(2)13(10)17-9(4)15/h6,16H,5H2,1-4H3. The Kier molecular flexibility index (Phi) is 3.89. The molecule has 1 N–H and O–H groups in total. The Labute approximate surface area is 100 Å². The Morgan fingerprint density at radius 1 is 1.35 bits per heavy atom. The highest BCUT2D eigenvalue weighted by molar-refractivity contribution is 5.99. The first kappa shape index (κ1) is 13.2. The molecular weight excluding hydrogens is 220 g/mol. The normalized spacial score (nSPS) is 10.1. The van der Waals surface area contributed by atoms with E-state index in [0.29, 0.717) is 23.3 Å². The van der Waals surface area contributed by atoms with E-state index in [1.807, 2.05) is 6.92 Å². The van der Waals surface area contributed by atoms with Gasteiger partial charge in [0.25, 0.3) is 0 Å². The van der Waals surface area contributed by atoms with Crippen molar-refractivity contribution in [1.82, 2.24) is 0 Å². The minimum absolute atomic E-state index is 0.0669. The van der Waals surface area contributed by atoms with E-state index in [1.54, 1.807) is 6.92 Å². The Balaban J connectivity index is 3.49. The van der Waals surface area contributed by atoms with Gasteiger partial charge in [-0.3, -0.25) is 9.59 Å². The third kappa shape index (κ3) is 2.64. The number of Topliss-reactive ketones (excluding diaryl/α,β-unsaturated/α-hetero) is 1. The fourth-order valence-electron chi connectivity index (χ4n) is 1.84. The van der Waals surface area contributed by atoms with E-state index in [-0.39, 0.29) is 17.1 Å². The van der Waals surface area contributed by atoms with Crippen molar-refractivity contribution in [3.63, 3.8) is 0 Å². The lowest BCUT2D eigenvalue weighted by Crippen LogP contribution is -2.08. The van der Waals surface area contributed by atoms with E-state index in [9.17, 15) is 14.7 Å². The Bertz CT molecular complexity index is 475. The van der Waals surface area contributed by atoms with Crippen molar-refractivity contribution in [2.75, 3.05) is 0 Å². The molecular formula is C13H16O4. The van der Waals surface area contributed by atoms with Gasteiger partial charge in [0, 0.05) is 12.5 Å². The number of carbonyl (C=O) groups is 2. The van der Waals surface area contributed by atoms with Crippen molar-refractivity contribution in [3.8, 4) is 11.5 Å². The summed E-state index contributed by atoms with van der Waals surface area (Å²) in [6.45, 7) is 6.22. The fourth-order valence-corrected chi connectivity index (χ4v) is 1.84. The lowest BCUT2D eigenvalue weighted by molar-refractivity contribution is -0.132. The number of ketones is 1. The van der Waals surface area contributed by atoms with E-state index >= 15 is 0 Å². The first-order chi connectivity index (χ1) is 7.88. The Hall–Kier alpha value is -1.84. The number of benzene rings is 1. The minimum atomic E-state index is -0.442. The van der Waals surface area contributed by atoms with Crippen LogP contribution in [0.4, 0.5) is 0 Å². The molecule has 0 aliphatic heterocycles. The molecule has 92 valence electrons. The van der Waals surface area contributed by atoms with Gasteiger partial charge >= 0.3 is 5.97 Å². The molecule has 0 saturated heterocycles. The molecule has 0 heterocycles. The van der Waals surface area contributed by atoms with E-state index in [0.717, 1.165) is 0 Å². The second-order valence-electron chi connectivity index (χ2n) is 3.89. The van der Waals surface area contributed by atoms with Crippen LogP contribution in [-0.4, -0.2) is 16.9 Å². The molecule has 0 fully saturated rings. The van der Waals surface area contributed by atoms with Crippen LogP contribution in [-0.2, 0) is 11.2 Å². The number of hydrogen-bond donors (Lipinski definition) is 1. The zero-order valence-electron chi connectivity index (χ0n) is 10.5. The molecule has 0 amide bonds. The number of phenolic OH excluding ortho intramolecular Hbond substituents is 1. The van der Waals surface area contributed by atoms with E-state index in [2.05, 4.69) is 0 Å². The topological polar surface area (TPSA) is 63.6 Å². The average Bonchev–Trinajstić information content (AvgIpc) is 2.20. The summed E-state index contributed by atoms with van der Waals surface area (Å²) in [6, 6.07) is 1.47. The average molecular weight is 236 g/mol. The van der Waals surface area contributed by atoms with Gasteiger partial charge in [0.05, 0.1) is 5.56 Å². The predicted octanol–water partition coefficient (Wildman–Crippen LogP) is 2.39. The number of hydrogen-bond acceptors (Lipinski definition) is 4.